The van der Waals surface area contributed by atoms with Crippen LogP contribution >= 0.6 is 0 Å². The minimum absolute atomic E-state index is 0.0687. The summed E-state index contributed by atoms with van der Waals surface area (Å²) in [6, 6.07) is 10.1. The molecule has 2 N–H and O–H groups in total. The number of ether oxygens (including phenoxy) is 2. The lowest BCUT2D eigenvalue weighted by Gasteiger charge is -2.24. The molecule has 1 atom stereocenters. The number of rotatable bonds is 7. The van der Waals surface area contributed by atoms with E-state index in [-0.39, 0.29) is 18.0 Å². The molecule has 1 unspecified atom stereocenters. The maximum Gasteiger partial charge on any atom is 0.150 e. The van der Waals surface area contributed by atoms with E-state index in [1.165, 1.54) is 12.1 Å². The Morgan fingerprint density at radius 1 is 1.07 bits per heavy atom. The molecule has 0 spiro atoms. The number of aromatic nitrogens is 3. The highest BCUT2D eigenvalue weighted by atomic mass is 19.1. The number of nitrogens with one attached hydrogen (secondary N) is 2. The van der Waals surface area contributed by atoms with E-state index < -0.39 is 0 Å². The Morgan fingerprint density at radius 3 is 2.57 bits per heavy atom. The summed E-state index contributed by atoms with van der Waals surface area (Å²) in [7, 11) is 0. The highest BCUT2D eigenvalue weighted by Gasteiger charge is 2.17. The molecule has 0 saturated carbocycles. The first-order valence-corrected chi connectivity index (χ1v) is 9.97. The molecule has 1 saturated heterocycles. The Hall–Kier alpha value is -3.26. The number of benzene rings is 1. The molecule has 7 nitrogen and oxygen atoms in total. The van der Waals surface area contributed by atoms with E-state index in [9.17, 15) is 4.39 Å². The number of hydrogen-bond donors (Lipinski definition) is 2. The van der Waals surface area contributed by atoms with Gasteiger partial charge in [0.2, 0.25) is 0 Å². The van der Waals surface area contributed by atoms with E-state index in [0.29, 0.717) is 36.4 Å². The number of hydrogen-bond acceptors (Lipinski definition) is 7. The lowest BCUT2D eigenvalue weighted by atomic mass is 10.1. The van der Waals surface area contributed by atoms with Crippen LogP contribution in [-0.4, -0.2) is 34.3 Å². The largest absolute Gasteiger partial charge is 0.490 e. The summed E-state index contributed by atoms with van der Waals surface area (Å²) in [5.74, 6) is 2.27. The van der Waals surface area contributed by atoms with Crippen LogP contribution in [0.5, 0.6) is 5.75 Å². The van der Waals surface area contributed by atoms with E-state index in [4.69, 9.17) is 9.47 Å². The van der Waals surface area contributed by atoms with Crippen LogP contribution in [0.2, 0.25) is 0 Å². The third-order valence-electron chi connectivity index (χ3n) is 4.82. The standard InChI is InChI=1S/C22H24FN5O2/c1-15(16-2-4-17(23)5-3-16)26-20-12-19(30-18-6-10-29-11-7-18)13-21(27-20)28-22-14-24-8-9-25-22/h2-5,8-9,12-15,18H,6-7,10-11H2,1H3,(H2,25,26,27,28). The van der Waals surface area contributed by atoms with Crippen LogP contribution in [0.1, 0.15) is 31.4 Å². The molecule has 0 amide bonds. The average molecular weight is 409 g/mol. The van der Waals surface area contributed by atoms with Gasteiger partial charge in [0.05, 0.1) is 19.4 Å². The van der Waals surface area contributed by atoms with Crippen LogP contribution in [0.25, 0.3) is 0 Å². The van der Waals surface area contributed by atoms with Crippen molar-refractivity contribution in [2.45, 2.75) is 31.9 Å². The highest BCUT2D eigenvalue weighted by molar-refractivity contribution is 5.58. The van der Waals surface area contributed by atoms with Crippen LogP contribution in [0.3, 0.4) is 0 Å². The molecule has 4 rings (SSSR count). The Morgan fingerprint density at radius 2 is 1.83 bits per heavy atom. The van der Waals surface area contributed by atoms with Gasteiger partial charge in [0, 0.05) is 43.4 Å². The zero-order valence-corrected chi connectivity index (χ0v) is 16.7. The fourth-order valence-corrected chi connectivity index (χ4v) is 3.25. The minimum atomic E-state index is -0.258. The first-order chi connectivity index (χ1) is 14.7. The van der Waals surface area contributed by atoms with Crippen molar-refractivity contribution < 1.29 is 13.9 Å². The van der Waals surface area contributed by atoms with Gasteiger partial charge in [0.1, 0.15) is 35.1 Å². The molecule has 1 aromatic carbocycles. The van der Waals surface area contributed by atoms with Gasteiger partial charge in [-0.25, -0.2) is 14.4 Å². The molecule has 1 aliphatic heterocycles. The van der Waals surface area contributed by atoms with Gasteiger partial charge >= 0.3 is 0 Å². The smallest absolute Gasteiger partial charge is 0.150 e. The summed E-state index contributed by atoms with van der Waals surface area (Å²) >= 11 is 0. The van der Waals surface area contributed by atoms with Gasteiger partial charge in [-0.15, -0.1) is 0 Å². The van der Waals surface area contributed by atoms with Crippen LogP contribution in [0.4, 0.5) is 21.8 Å². The van der Waals surface area contributed by atoms with Gasteiger partial charge in [-0.3, -0.25) is 4.98 Å². The Balaban J connectivity index is 1.56. The molecule has 2 aromatic heterocycles. The monoisotopic (exact) mass is 409 g/mol. The molecule has 3 heterocycles. The van der Waals surface area contributed by atoms with Crippen LogP contribution in [0.15, 0.2) is 55.0 Å². The Labute approximate surface area is 174 Å². The second-order valence-electron chi connectivity index (χ2n) is 7.14. The molecular formula is C22H24FN5O2. The molecular weight excluding hydrogens is 385 g/mol. The summed E-state index contributed by atoms with van der Waals surface area (Å²) < 4.78 is 24.8. The topological polar surface area (TPSA) is 81.2 Å². The van der Waals surface area contributed by atoms with E-state index in [1.54, 1.807) is 30.7 Å². The van der Waals surface area contributed by atoms with Crippen molar-refractivity contribution in [2.24, 2.45) is 0 Å². The minimum Gasteiger partial charge on any atom is -0.490 e. The maximum atomic E-state index is 13.2. The maximum absolute atomic E-state index is 13.2. The summed E-state index contributed by atoms with van der Waals surface area (Å²) in [4.78, 5) is 12.9. The molecule has 30 heavy (non-hydrogen) atoms. The number of anilines is 3. The van der Waals surface area contributed by atoms with Gasteiger partial charge in [-0.2, -0.15) is 0 Å². The molecule has 0 aliphatic carbocycles. The van der Waals surface area contributed by atoms with Crippen LogP contribution in [0, 0.1) is 5.82 Å². The normalized spacial score (nSPS) is 15.4. The van der Waals surface area contributed by atoms with Crippen molar-refractivity contribution in [1.29, 1.82) is 0 Å². The third kappa shape index (κ3) is 5.42. The number of pyridine rings is 1. The van der Waals surface area contributed by atoms with Crippen molar-refractivity contribution in [1.82, 2.24) is 15.0 Å². The molecule has 0 radical (unpaired) electrons. The van der Waals surface area contributed by atoms with Crippen molar-refractivity contribution in [2.75, 3.05) is 23.8 Å². The van der Waals surface area contributed by atoms with Crippen molar-refractivity contribution in [3.05, 3.63) is 66.4 Å². The van der Waals surface area contributed by atoms with E-state index in [1.807, 2.05) is 19.1 Å². The van der Waals surface area contributed by atoms with Crippen molar-refractivity contribution >= 4 is 17.5 Å². The molecule has 8 heteroatoms. The van der Waals surface area contributed by atoms with Gasteiger partial charge in [-0.1, -0.05) is 12.1 Å². The summed E-state index contributed by atoms with van der Waals surface area (Å²) in [6.45, 7) is 3.40. The second kappa shape index (κ2) is 9.49. The molecule has 3 aromatic rings. The van der Waals surface area contributed by atoms with Crippen LogP contribution in [-0.2, 0) is 4.74 Å². The van der Waals surface area contributed by atoms with Gasteiger partial charge in [0.25, 0.3) is 0 Å². The highest BCUT2D eigenvalue weighted by Crippen LogP contribution is 2.27. The van der Waals surface area contributed by atoms with Gasteiger partial charge < -0.3 is 20.1 Å². The van der Waals surface area contributed by atoms with Crippen LogP contribution < -0.4 is 15.4 Å². The average Bonchev–Trinajstić information content (AvgIpc) is 2.75. The van der Waals surface area contributed by atoms with Crippen molar-refractivity contribution in [3.63, 3.8) is 0 Å². The molecule has 0 bridgehead atoms. The third-order valence-corrected chi connectivity index (χ3v) is 4.82. The quantitative estimate of drug-likeness (QED) is 0.595. The summed E-state index contributed by atoms with van der Waals surface area (Å²) in [5, 5.41) is 6.53. The number of nitrogens with zero attached hydrogens (tertiary/aromatic N) is 3. The lowest BCUT2D eigenvalue weighted by Crippen LogP contribution is -2.26. The van der Waals surface area contributed by atoms with E-state index >= 15 is 0 Å². The summed E-state index contributed by atoms with van der Waals surface area (Å²) in [5.41, 5.74) is 0.956. The second-order valence-corrected chi connectivity index (χ2v) is 7.14. The SMILES string of the molecule is CC(Nc1cc(OC2CCOCC2)cc(Nc2cnccn2)n1)c1ccc(F)cc1. The lowest BCUT2D eigenvalue weighted by molar-refractivity contribution is 0.0256. The predicted molar refractivity (Wildman–Crippen MR) is 112 cm³/mol. The van der Waals surface area contributed by atoms with Gasteiger partial charge in [-0.05, 0) is 24.6 Å². The Kier molecular flexibility index (Phi) is 6.34. The zero-order chi connectivity index (χ0) is 20.8. The van der Waals surface area contributed by atoms with E-state index in [0.717, 1.165) is 18.4 Å². The zero-order valence-electron chi connectivity index (χ0n) is 16.7. The molecule has 156 valence electrons. The first kappa shape index (κ1) is 20.0. The first-order valence-electron chi connectivity index (χ1n) is 9.97. The fourth-order valence-electron chi connectivity index (χ4n) is 3.25. The van der Waals surface area contributed by atoms with Gasteiger partial charge in [0.15, 0.2) is 0 Å². The molecule has 1 fully saturated rings. The van der Waals surface area contributed by atoms with E-state index in [2.05, 4.69) is 25.6 Å². The Bertz CT molecular complexity index is 950. The molecule has 1 aliphatic rings. The summed E-state index contributed by atoms with van der Waals surface area (Å²) in [6.07, 6.45) is 6.66. The number of halogens is 1. The predicted octanol–water partition coefficient (Wildman–Crippen LogP) is 4.49. The fraction of sp³-hybridized carbons (Fsp3) is 0.318. The van der Waals surface area contributed by atoms with Crippen molar-refractivity contribution in [3.8, 4) is 5.75 Å².